The van der Waals surface area contributed by atoms with Crippen molar-refractivity contribution in [2.75, 3.05) is 38.5 Å². The Morgan fingerprint density at radius 1 is 1.24 bits per heavy atom. The lowest BCUT2D eigenvalue weighted by molar-refractivity contribution is -0.137. The molecule has 3 aliphatic heterocycles. The number of β-lactam (4-membered cyclic amide) rings is 1. The Balaban J connectivity index is 0.00000198. The van der Waals surface area contributed by atoms with E-state index >= 15 is 0 Å². The molecule has 42 heavy (non-hydrogen) atoms. The second kappa shape index (κ2) is 13.8. The van der Waals surface area contributed by atoms with Crippen molar-refractivity contribution < 1.29 is 34.1 Å². The van der Waals surface area contributed by atoms with Gasteiger partial charge in [0.2, 0.25) is 11.7 Å². The number of likely N-dealkylation sites (tertiary alicyclic amines) is 1. The number of amides is 3. The van der Waals surface area contributed by atoms with Crippen molar-refractivity contribution in [2.45, 2.75) is 64.6 Å². The van der Waals surface area contributed by atoms with E-state index in [1.165, 1.54) is 10.9 Å². The van der Waals surface area contributed by atoms with Crippen molar-refractivity contribution in [2.24, 2.45) is 11.8 Å². The third-order valence-corrected chi connectivity index (χ3v) is 7.34. The molecule has 0 aromatic carbocycles. The molecule has 0 saturated carbocycles. The first kappa shape index (κ1) is 30.9. The maximum absolute atomic E-state index is 12.3. The fraction of sp³-hybridized carbons (Fsp3) is 0.630. The van der Waals surface area contributed by atoms with E-state index in [0.717, 1.165) is 12.8 Å². The molecule has 0 aliphatic carbocycles. The second-order valence-corrected chi connectivity index (χ2v) is 10.0. The fourth-order valence-corrected chi connectivity index (χ4v) is 4.88. The van der Waals surface area contributed by atoms with Gasteiger partial charge in [-0.05, 0) is 31.6 Å². The molecule has 2 aromatic rings. The van der Waals surface area contributed by atoms with Crippen LogP contribution < -0.4 is 16.4 Å². The van der Waals surface area contributed by atoms with E-state index in [-0.39, 0.29) is 47.2 Å². The fourth-order valence-electron chi connectivity index (χ4n) is 4.88. The zero-order valence-corrected chi connectivity index (χ0v) is 23.9. The van der Waals surface area contributed by atoms with E-state index in [1.54, 1.807) is 11.8 Å². The Kier molecular flexibility index (Phi) is 10.2. The van der Waals surface area contributed by atoms with Gasteiger partial charge < -0.3 is 41.0 Å². The van der Waals surface area contributed by atoms with Crippen LogP contribution in [-0.4, -0.2) is 104 Å². The summed E-state index contributed by atoms with van der Waals surface area (Å²) in [4.78, 5) is 50.3. The van der Waals surface area contributed by atoms with Gasteiger partial charge in [0, 0.05) is 32.6 Å². The van der Waals surface area contributed by atoms with Crippen LogP contribution in [-0.2, 0) is 19.1 Å². The summed E-state index contributed by atoms with van der Waals surface area (Å²) in [6.07, 6.45) is -2.19. The smallest absolute Gasteiger partial charge is 0.409 e. The normalized spacial score (nSPS) is 25.4. The number of aliphatic hydroxyl groups is 2. The number of rotatable bonds is 6. The number of likely N-dealkylation sites (N-methyl/N-ethyl adjacent to an activating group) is 1. The lowest BCUT2D eigenvalue weighted by atomic mass is 9.94. The highest BCUT2D eigenvalue weighted by atomic mass is 16.6. The number of hydrogen-bond acceptors (Lipinski definition) is 11. The predicted molar refractivity (Wildman–Crippen MR) is 149 cm³/mol. The summed E-state index contributed by atoms with van der Waals surface area (Å²) in [7, 11) is 0. The molecule has 15 nitrogen and oxygen atoms in total. The van der Waals surface area contributed by atoms with Crippen LogP contribution in [0, 0.1) is 23.7 Å². The van der Waals surface area contributed by atoms with Crippen molar-refractivity contribution in [1.82, 2.24) is 35.1 Å². The molecule has 2 unspecified atom stereocenters. The number of piperidine rings is 1. The number of hydrogen-bond donors (Lipinski definition) is 5. The van der Waals surface area contributed by atoms with Gasteiger partial charge in [-0.1, -0.05) is 19.8 Å². The van der Waals surface area contributed by atoms with E-state index in [4.69, 9.17) is 15.2 Å². The van der Waals surface area contributed by atoms with Crippen LogP contribution in [0.4, 0.5) is 10.6 Å². The van der Waals surface area contributed by atoms with Crippen LogP contribution >= 0.6 is 0 Å². The van der Waals surface area contributed by atoms with E-state index < -0.39 is 36.5 Å². The SMILES string of the molecule is CC.CCNC(=O)[C@H]1O[C@@H](n2cnc3c(N)nc(C#CCC4CCN(C(=O)OCC5CNC5=O)CC4)nc32)[C@@H](O)C1O. The number of nitrogen functional groups attached to an aromatic ring is 1. The molecule has 0 spiro atoms. The van der Waals surface area contributed by atoms with Crippen LogP contribution in [0.5, 0.6) is 0 Å². The molecule has 5 heterocycles. The Morgan fingerprint density at radius 2 is 1.98 bits per heavy atom. The molecule has 3 fully saturated rings. The molecule has 0 bridgehead atoms. The molecule has 0 radical (unpaired) electrons. The summed E-state index contributed by atoms with van der Waals surface area (Å²) in [6.45, 7) is 7.81. The molecule has 3 amide bonds. The van der Waals surface area contributed by atoms with Crippen LogP contribution in [0.2, 0.25) is 0 Å². The van der Waals surface area contributed by atoms with Crippen molar-refractivity contribution in [1.29, 1.82) is 0 Å². The monoisotopic (exact) mass is 586 g/mol. The molecular weight excluding hydrogens is 548 g/mol. The number of aromatic nitrogens is 4. The number of fused-ring (bicyclic) bond motifs is 1. The highest BCUT2D eigenvalue weighted by Gasteiger charge is 2.47. The molecule has 3 aliphatic rings. The number of nitrogens with zero attached hydrogens (tertiary/aromatic N) is 5. The minimum absolute atomic E-state index is 0.0900. The van der Waals surface area contributed by atoms with Crippen molar-refractivity contribution in [3.8, 4) is 11.8 Å². The molecule has 5 atom stereocenters. The third-order valence-electron chi connectivity index (χ3n) is 7.34. The lowest BCUT2D eigenvalue weighted by Gasteiger charge is -2.31. The number of nitrogens with one attached hydrogen (secondary N) is 2. The predicted octanol–water partition coefficient (Wildman–Crippen LogP) is -0.474. The Hall–Kier alpha value is -4.00. The van der Waals surface area contributed by atoms with Crippen molar-refractivity contribution in [3.63, 3.8) is 0 Å². The lowest BCUT2D eigenvalue weighted by Crippen LogP contribution is -2.51. The maximum Gasteiger partial charge on any atom is 0.409 e. The van der Waals surface area contributed by atoms with Gasteiger partial charge in [0.25, 0.3) is 5.91 Å². The van der Waals surface area contributed by atoms with Gasteiger partial charge in [0.1, 0.15) is 24.3 Å². The first-order valence-corrected chi connectivity index (χ1v) is 14.2. The zero-order chi connectivity index (χ0) is 30.4. The average Bonchev–Trinajstić information content (AvgIpc) is 3.54. The Bertz CT molecular complexity index is 1350. The molecule has 6 N–H and O–H groups in total. The highest BCUT2D eigenvalue weighted by Crippen LogP contribution is 2.32. The van der Waals surface area contributed by atoms with Crippen LogP contribution in [0.25, 0.3) is 11.2 Å². The standard InChI is InChI=1S/C25H32N8O7.C2H6/c1-2-27-23(37)19-17(34)18(35)24(40-19)33-12-29-16-20(26)30-15(31-21(16)33)5-3-4-13-6-8-32(9-7-13)25(38)39-11-14-10-28-22(14)36;1-2/h12-14,17-19,24,34-35H,2,4,6-11H2,1H3,(H,27,37)(H,28,36)(H2,26,30,31);1-2H3/t14?,17?,18-,19-,24+;/m0./s1. The number of carbonyl (C=O) groups excluding carboxylic acids is 3. The summed E-state index contributed by atoms with van der Waals surface area (Å²) in [5, 5.41) is 26.1. The summed E-state index contributed by atoms with van der Waals surface area (Å²) >= 11 is 0. The number of nitrogens with two attached hydrogens (primary N) is 1. The van der Waals surface area contributed by atoms with E-state index in [2.05, 4.69) is 37.4 Å². The zero-order valence-electron chi connectivity index (χ0n) is 23.9. The van der Waals surface area contributed by atoms with E-state index in [0.29, 0.717) is 32.6 Å². The minimum Gasteiger partial charge on any atom is -0.448 e. The van der Waals surface area contributed by atoms with Gasteiger partial charge in [-0.25, -0.2) is 19.7 Å². The number of anilines is 1. The van der Waals surface area contributed by atoms with Crippen molar-refractivity contribution in [3.05, 3.63) is 12.2 Å². The minimum atomic E-state index is -1.44. The molecule has 3 saturated heterocycles. The quantitative estimate of drug-likeness (QED) is 0.216. The number of aliphatic hydroxyl groups excluding tert-OH is 2. The highest BCUT2D eigenvalue weighted by molar-refractivity contribution is 5.85. The Morgan fingerprint density at radius 3 is 2.62 bits per heavy atom. The van der Waals surface area contributed by atoms with Gasteiger partial charge in [0.15, 0.2) is 23.8 Å². The van der Waals surface area contributed by atoms with Gasteiger partial charge in [0.05, 0.1) is 12.2 Å². The second-order valence-electron chi connectivity index (χ2n) is 10.0. The average molecular weight is 587 g/mol. The Labute approximate surface area is 243 Å². The summed E-state index contributed by atoms with van der Waals surface area (Å²) in [5.74, 6) is 5.65. The molecular formula is C27H38N8O7. The van der Waals surface area contributed by atoms with Crippen LogP contribution in [0.15, 0.2) is 6.33 Å². The molecule has 2 aromatic heterocycles. The summed E-state index contributed by atoms with van der Waals surface area (Å²) in [5.41, 5.74) is 6.60. The number of ether oxygens (including phenoxy) is 2. The van der Waals surface area contributed by atoms with Gasteiger partial charge in [-0.3, -0.25) is 14.2 Å². The molecule has 228 valence electrons. The summed E-state index contributed by atoms with van der Waals surface area (Å²) in [6, 6.07) is 0. The largest absolute Gasteiger partial charge is 0.448 e. The van der Waals surface area contributed by atoms with Crippen molar-refractivity contribution >= 4 is 34.9 Å². The van der Waals surface area contributed by atoms with Gasteiger partial charge in [-0.2, -0.15) is 0 Å². The van der Waals surface area contributed by atoms with E-state index in [1.807, 2.05) is 13.8 Å². The molecule has 15 heteroatoms. The number of carbonyl (C=O) groups is 3. The maximum atomic E-state index is 12.3. The van der Waals surface area contributed by atoms with Crippen LogP contribution in [0.3, 0.4) is 0 Å². The summed E-state index contributed by atoms with van der Waals surface area (Å²) < 4.78 is 12.3. The topological polar surface area (TPSA) is 207 Å². The first-order chi connectivity index (χ1) is 20.3. The van der Waals surface area contributed by atoms with E-state index in [9.17, 15) is 24.6 Å². The number of imidazole rings is 1. The first-order valence-electron chi connectivity index (χ1n) is 14.2. The van der Waals surface area contributed by atoms with Gasteiger partial charge in [-0.15, -0.1) is 0 Å². The third kappa shape index (κ3) is 6.56. The van der Waals surface area contributed by atoms with Crippen LogP contribution in [0.1, 0.15) is 52.1 Å². The molecule has 5 rings (SSSR count). The van der Waals surface area contributed by atoms with Gasteiger partial charge >= 0.3 is 6.09 Å².